The number of aliphatic hydroxyl groups is 4. The summed E-state index contributed by atoms with van der Waals surface area (Å²) in [6, 6.07) is 0. The molecule has 12 atom stereocenters. The molecule has 0 amide bonds. The SMILES string of the molecule is Nc1ncnc2c1ncn2[C@@H]1O[C@H](COP(=O)(O)OP(=O)(O)OP(=O)(O)OP(=O)(O)OC[C@H]2O[C@@H](n3cnc4c(N)ncnc43)[C@H](O)[C@@H]2O)[C@@H](O)[C@H]1O.[Li+].[Li+].[Li+]. The van der Waals surface area contributed by atoms with Crippen LogP contribution in [0.3, 0.4) is 0 Å². The normalized spacial score (nSPS) is 29.3. The maximum absolute atomic E-state index is 12.4. The Balaban J connectivity index is 0.00000280. The van der Waals surface area contributed by atoms with Crippen LogP contribution in [-0.2, 0) is 49.7 Å². The minimum Gasteiger partial charge on any atom is -0.387 e. The standard InChI is InChI=1S/C20H28N10O19P4.3Li/c21-15-9-17(25-3-23-15)29(5-27-9)19-13(33)11(31)7(45-19)1-43-50(35,36)47-52(39,40)49-53(41,42)48-51(37,38)44-2-8-12(32)14(34)20(46-8)30-6-28-10-16(22)24-4-26-18(10)30;;;/h3-8,11-14,19-20,31-34H,1-2H2,(H,35,36)(H,37,38)(H,39,40)(H,41,42)(H2,21,23,25)(H2,22,24,26);;;/q;3*+1/t7-,8-,11-,12-,13-,14-,19-,20-;;;/m1.../s1. The molecule has 29 nitrogen and oxygen atoms in total. The fourth-order valence-electron chi connectivity index (χ4n) is 5.11. The van der Waals surface area contributed by atoms with Gasteiger partial charge in [0.15, 0.2) is 35.4 Å². The van der Waals surface area contributed by atoms with Gasteiger partial charge < -0.3 is 60.9 Å². The summed E-state index contributed by atoms with van der Waals surface area (Å²) < 4.78 is 83.4. The van der Waals surface area contributed by atoms with Crippen LogP contribution in [-0.4, -0.2) is 129 Å². The number of nitrogens with two attached hydrogens (primary N) is 2. The molecule has 4 unspecified atom stereocenters. The van der Waals surface area contributed by atoms with Gasteiger partial charge in [0.05, 0.1) is 25.9 Å². The number of aliphatic hydroxyl groups excluding tert-OH is 4. The van der Waals surface area contributed by atoms with Gasteiger partial charge in [0.25, 0.3) is 0 Å². The second-order valence-corrected chi connectivity index (χ2v) is 17.2. The van der Waals surface area contributed by atoms with Crippen LogP contribution in [0.25, 0.3) is 22.3 Å². The second kappa shape index (κ2) is 18.6. The predicted molar refractivity (Wildman–Crippen MR) is 166 cm³/mol. The molecule has 2 saturated heterocycles. The maximum Gasteiger partial charge on any atom is 1.00 e. The fourth-order valence-corrected chi connectivity index (χ4v) is 10.1. The summed E-state index contributed by atoms with van der Waals surface area (Å²) in [7, 11) is -23.9. The van der Waals surface area contributed by atoms with Crippen LogP contribution in [0.1, 0.15) is 12.5 Å². The molecule has 56 heavy (non-hydrogen) atoms. The van der Waals surface area contributed by atoms with E-state index in [0.29, 0.717) is 0 Å². The van der Waals surface area contributed by atoms with E-state index in [1.54, 1.807) is 0 Å². The number of imidazole rings is 2. The molecule has 36 heteroatoms. The molecule has 6 rings (SSSR count). The zero-order valence-corrected chi connectivity index (χ0v) is 32.5. The van der Waals surface area contributed by atoms with Gasteiger partial charge in [0.1, 0.15) is 60.3 Å². The van der Waals surface area contributed by atoms with Gasteiger partial charge in [-0.15, -0.1) is 0 Å². The average Bonchev–Trinajstić information content (AvgIpc) is 3.80. The molecule has 4 aromatic heterocycles. The third-order valence-corrected chi connectivity index (χ3v) is 13.3. The number of nitrogens with zero attached hydrogens (tertiary/aromatic N) is 8. The Morgan fingerprint density at radius 3 is 1.27 bits per heavy atom. The van der Waals surface area contributed by atoms with E-state index in [9.17, 15) is 58.3 Å². The largest absolute Gasteiger partial charge is 1.00 e. The van der Waals surface area contributed by atoms with Crippen molar-refractivity contribution in [2.24, 2.45) is 0 Å². The molecule has 0 saturated carbocycles. The van der Waals surface area contributed by atoms with Crippen LogP contribution in [0.15, 0.2) is 25.3 Å². The van der Waals surface area contributed by atoms with E-state index in [-0.39, 0.29) is 90.5 Å². The number of aromatic nitrogens is 8. The monoisotopic (exact) mass is 857 g/mol. The van der Waals surface area contributed by atoms with Crippen LogP contribution in [0.4, 0.5) is 11.6 Å². The number of nitrogen functional groups attached to an aromatic ring is 2. The van der Waals surface area contributed by atoms with E-state index in [1.807, 2.05) is 0 Å². The number of anilines is 2. The van der Waals surface area contributed by atoms with Crippen molar-refractivity contribution in [1.29, 1.82) is 0 Å². The van der Waals surface area contributed by atoms with Crippen molar-refractivity contribution in [3.63, 3.8) is 0 Å². The van der Waals surface area contributed by atoms with Gasteiger partial charge in [0, 0.05) is 0 Å². The molecule has 2 fully saturated rings. The van der Waals surface area contributed by atoms with Gasteiger partial charge in [-0.3, -0.25) is 18.2 Å². The van der Waals surface area contributed by atoms with E-state index in [2.05, 4.69) is 51.9 Å². The van der Waals surface area contributed by atoms with E-state index >= 15 is 0 Å². The van der Waals surface area contributed by atoms with Crippen molar-refractivity contribution >= 4 is 65.3 Å². The third-order valence-electron chi connectivity index (χ3n) is 7.42. The molecular formula is C20H28Li3N10O19P4+3. The molecule has 0 spiro atoms. The van der Waals surface area contributed by atoms with Crippen LogP contribution in [0.5, 0.6) is 0 Å². The zero-order valence-electron chi connectivity index (χ0n) is 28.9. The third kappa shape index (κ3) is 10.8. The summed E-state index contributed by atoms with van der Waals surface area (Å²) in [6.07, 6.45) is -8.58. The summed E-state index contributed by atoms with van der Waals surface area (Å²) in [4.78, 5) is 63.0. The van der Waals surface area contributed by atoms with Crippen LogP contribution < -0.4 is 68.0 Å². The first-order chi connectivity index (χ1) is 24.7. The van der Waals surface area contributed by atoms with Crippen molar-refractivity contribution in [3.8, 4) is 0 Å². The number of hydrogen-bond donors (Lipinski definition) is 10. The van der Waals surface area contributed by atoms with Gasteiger partial charge in [0.2, 0.25) is 0 Å². The van der Waals surface area contributed by atoms with E-state index in [0.717, 1.165) is 34.4 Å². The van der Waals surface area contributed by atoms with Gasteiger partial charge in [-0.1, -0.05) is 0 Å². The fraction of sp³-hybridized carbons (Fsp3) is 0.500. The molecule has 0 aliphatic carbocycles. The molecule has 12 N–H and O–H groups in total. The topological polar surface area (TPSA) is 434 Å². The molecule has 0 radical (unpaired) electrons. The average molecular weight is 857 g/mol. The minimum atomic E-state index is -6.19. The Kier molecular flexibility index (Phi) is 16.3. The first-order valence-electron chi connectivity index (χ1n) is 14.3. The predicted octanol–water partition coefficient (Wildman–Crippen LogP) is -11.4. The van der Waals surface area contributed by atoms with Crippen molar-refractivity contribution < 1.29 is 146 Å². The van der Waals surface area contributed by atoms with Gasteiger partial charge in [-0.05, 0) is 0 Å². The number of hydrogen-bond acceptors (Lipinski definition) is 23. The Hall–Kier alpha value is -1.19. The maximum atomic E-state index is 12.4. The molecular weight excluding hydrogens is 829 g/mol. The number of ether oxygens (including phenoxy) is 2. The summed E-state index contributed by atoms with van der Waals surface area (Å²) in [5.41, 5.74) is 11.9. The summed E-state index contributed by atoms with van der Waals surface area (Å²) in [5, 5.41) is 41.8. The number of fused-ring (bicyclic) bond motifs is 2. The molecule has 0 bridgehead atoms. The summed E-state index contributed by atoms with van der Waals surface area (Å²) in [5.74, 6) is -0.0284. The molecule has 2 aliphatic rings. The van der Waals surface area contributed by atoms with Crippen molar-refractivity contribution in [2.75, 3.05) is 24.7 Å². The van der Waals surface area contributed by atoms with Crippen molar-refractivity contribution in [3.05, 3.63) is 25.3 Å². The van der Waals surface area contributed by atoms with E-state index < -0.39 is 93.6 Å². The number of rotatable bonds is 14. The van der Waals surface area contributed by atoms with Crippen LogP contribution in [0.2, 0.25) is 0 Å². The number of phosphoric ester groups is 2. The zero-order chi connectivity index (χ0) is 38.7. The Labute approximate surface area is 348 Å². The van der Waals surface area contributed by atoms with Crippen molar-refractivity contribution in [1.82, 2.24) is 39.0 Å². The summed E-state index contributed by atoms with van der Waals surface area (Å²) in [6.45, 7) is -2.22. The molecule has 4 aromatic rings. The second-order valence-electron chi connectivity index (χ2n) is 11.0. The van der Waals surface area contributed by atoms with Gasteiger partial charge in [-0.2, -0.15) is 12.9 Å². The Morgan fingerprint density at radius 1 is 0.571 bits per heavy atom. The first-order valence-corrected chi connectivity index (χ1v) is 20.3. The van der Waals surface area contributed by atoms with Crippen molar-refractivity contribution in [2.45, 2.75) is 49.1 Å². The smallest absolute Gasteiger partial charge is 0.387 e. The summed E-state index contributed by atoms with van der Waals surface area (Å²) >= 11 is 0. The molecule has 0 aromatic carbocycles. The molecule has 292 valence electrons. The number of phosphoric acid groups is 4. The quantitative estimate of drug-likeness (QED) is 0.0416. The van der Waals surface area contributed by atoms with Gasteiger partial charge >= 0.3 is 87.9 Å². The van der Waals surface area contributed by atoms with Crippen LogP contribution >= 0.6 is 31.3 Å². The first kappa shape index (κ1) is 49.2. The minimum absolute atomic E-state index is 0. The van der Waals surface area contributed by atoms with Crippen LogP contribution in [0, 0.1) is 0 Å². The molecule has 2 aliphatic heterocycles. The Morgan fingerprint density at radius 2 is 0.911 bits per heavy atom. The molecule has 6 heterocycles. The Bertz CT molecular complexity index is 2060. The van der Waals surface area contributed by atoms with E-state index in [1.165, 1.54) is 0 Å². The van der Waals surface area contributed by atoms with E-state index in [4.69, 9.17) is 20.9 Å². The van der Waals surface area contributed by atoms with Gasteiger partial charge in [-0.25, -0.2) is 48.2 Å².